The second-order valence-corrected chi connectivity index (χ2v) is 9.51. The Morgan fingerprint density at radius 3 is 2.16 bits per heavy atom. The molecule has 168 valence electrons. The van der Waals surface area contributed by atoms with Crippen LogP contribution < -0.4 is 9.62 Å². The lowest BCUT2D eigenvalue weighted by Crippen LogP contribution is -2.38. The summed E-state index contributed by atoms with van der Waals surface area (Å²) in [6.07, 6.45) is 3.18. The number of carbonyl (C=O) groups is 1. The van der Waals surface area contributed by atoms with Gasteiger partial charge in [0.15, 0.2) is 0 Å². The molecule has 32 heavy (non-hydrogen) atoms. The second-order valence-electron chi connectivity index (χ2n) is 7.65. The highest BCUT2D eigenvalue weighted by atomic mass is 32.2. The van der Waals surface area contributed by atoms with Crippen molar-refractivity contribution in [3.8, 4) is 0 Å². The zero-order valence-corrected chi connectivity index (χ0v) is 19.0. The number of hydrogen-bond donors (Lipinski definition) is 1. The summed E-state index contributed by atoms with van der Waals surface area (Å²) in [5, 5.41) is 2.76. The van der Waals surface area contributed by atoms with E-state index in [1.165, 1.54) is 17.7 Å². The standard InChI is InChI=1S/C25H27FN2O3S/c1-3-4-5-20-8-12-22(13-9-20)27-25(29)18-28(23-14-6-19(2)7-15-23)32(30,31)24-16-10-21(26)11-17-24/h6-17H,3-5,18H2,1-2H3,(H,27,29). The number of unbranched alkanes of at least 4 members (excludes halogenated alkanes) is 1. The average Bonchev–Trinajstić information content (AvgIpc) is 2.78. The fourth-order valence-corrected chi connectivity index (χ4v) is 4.65. The number of sulfonamides is 1. The average molecular weight is 455 g/mol. The first-order chi connectivity index (χ1) is 15.3. The minimum absolute atomic E-state index is 0.0902. The lowest BCUT2D eigenvalue weighted by molar-refractivity contribution is -0.114. The summed E-state index contributed by atoms with van der Waals surface area (Å²) >= 11 is 0. The van der Waals surface area contributed by atoms with E-state index in [1.54, 1.807) is 24.3 Å². The Kier molecular flexibility index (Phi) is 7.64. The summed E-state index contributed by atoms with van der Waals surface area (Å²) in [4.78, 5) is 12.7. The van der Waals surface area contributed by atoms with Gasteiger partial charge in [-0.15, -0.1) is 0 Å². The fourth-order valence-electron chi connectivity index (χ4n) is 3.23. The first kappa shape index (κ1) is 23.5. The number of benzene rings is 3. The number of nitrogens with one attached hydrogen (secondary N) is 1. The van der Waals surface area contributed by atoms with E-state index in [9.17, 15) is 17.6 Å². The van der Waals surface area contributed by atoms with E-state index in [0.717, 1.165) is 41.3 Å². The van der Waals surface area contributed by atoms with Gasteiger partial charge in [0.2, 0.25) is 5.91 Å². The largest absolute Gasteiger partial charge is 0.325 e. The number of nitrogens with zero attached hydrogens (tertiary/aromatic N) is 1. The maximum Gasteiger partial charge on any atom is 0.264 e. The molecule has 0 spiro atoms. The van der Waals surface area contributed by atoms with Gasteiger partial charge in [0.25, 0.3) is 10.0 Å². The van der Waals surface area contributed by atoms with Crippen LogP contribution in [0.3, 0.4) is 0 Å². The molecule has 0 heterocycles. The summed E-state index contributed by atoms with van der Waals surface area (Å²) in [7, 11) is -4.08. The fraction of sp³-hybridized carbons (Fsp3) is 0.240. The lowest BCUT2D eigenvalue weighted by Gasteiger charge is -2.24. The highest BCUT2D eigenvalue weighted by Crippen LogP contribution is 2.24. The number of aryl methyl sites for hydroxylation is 2. The Morgan fingerprint density at radius 1 is 0.938 bits per heavy atom. The number of carbonyl (C=O) groups excluding carboxylic acids is 1. The Labute approximate surface area is 188 Å². The molecule has 0 aliphatic heterocycles. The van der Waals surface area contributed by atoms with Gasteiger partial charge in [-0.05, 0) is 73.9 Å². The molecule has 0 atom stereocenters. The molecule has 1 amide bonds. The summed E-state index contributed by atoms with van der Waals surface area (Å²) in [6, 6.07) is 18.9. The molecule has 1 N–H and O–H groups in total. The molecule has 3 aromatic rings. The van der Waals surface area contributed by atoms with Crippen molar-refractivity contribution in [1.82, 2.24) is 0 Å². The molecule has 0 aromatic heterocycles. The van der Waals surface area contributed by atoms with Crippen LogP contribution in [-0.4, -0.2) is 20.9 Å². The Morgan fingerprint density at radius 2 is 1.56 bits per heavy atom. The monoisotopic (exact) mass is 454 g/mol. The number of anilines is 2. The summed E-state index contributed by atoms with van der Waals surface area (Å²) in [5.74, 6) is -1.01. The van der Waals surface area contributed by atoms with Crippen LogP contribution in [0.2, 0.25) is 0 Å². The van der Waals surface area contributed by atoms with Gasteiger partial charge >= 0.3 is 0 Å². The van der Waals surface area contributed by atoms with Gasteiger partial charge in [-0.2, -0.15) is 0 Å². The summed E-state index contributed by atoms with van der Waals surface area (Å²) in [5.41, 5.74) is 3.09. The SMILES string of the molecule is CCCCc1ccc(NC(=O)CN(c2ccc(C)cc2)S(=O)(=O)c2ccc(F)cc2)cc1. The van der Waals surface area contributed by atoms with Gasteiger partial charge in [-0.3, -0.25) is 9.10 Å². The lowest BCUT2D eigenvalue weighted by atomic mass is 10.1. The summed E-state index contributed by atoms with van der Waals surface area (Å²) in [6.45, 7) is 3.61. The predicted molar refractivity (Wildman–Crippen MR) is 126 cm³/mol. The van der Waals surface area contributed by atoms with Crippen molar-refractivity contribution < 1.29 is 17.6 Å². The minimum atomic E-state index is -4.08. The van der Waals surface area contributed by atoms with Crippen LogP contribution >= 0.6 is 0 Å². The van der Waals surface area contributed by atoms with Crippen LogP contribution in [0.1, 0.15) is 30.9 Å². The van der Waals surface area contributed by atoms with Gasteiger partial charge in [0, 0.05) is 5.69 Å². The third-order valence-corrected chi connectivity index (χ3v) is 6.86. The Bertz CT molecular complexity index is 1140. The van der Waals surface area contributed by atoms with Crippen LogP contribution in [0.4, 0.5) is 15.8 Å². The number of halogens is 1. The van der Waals surface area contributed by atoms with E-state index < -0.39 is 28.3 Å². The number of hydrogen-bond acceptors (Lipinski definition) is 3. The quantitative estimate of drug-likeness (QED) is 0.476. The maximum absolute atomic E-state index is 13.3. The minimum Gasteiger partial charge on any atom is -0.325 e. The van der Waals surface area contributed by atoms with Crippen molar-refractivity contribution >= 4 is 27.3 Å². The van der Waals surface area contributed by atoms with Crippen molar-refractivity contribution in [2.75, 3.05) is 16.2 Å². The second kappa shape index (κ2) is 10.4. The molecule has 0 saturated heterocycles. The zero-order chi connectivity index (χ0) is 23.1. The number of amides is 1. The van der Waals surface area contributed by atoms with Gasteiger partial charge < -0.3 is 5.32 Å². The van der Waals surface area contributed by atoms with Gasteiger partial charge in [-0.1, -0.05) is 43.2 Å². The molecule has 0 aliphatic carbocycles. The Balaban J connectivity index is 1.83. The third-order valence-electron chi connectivity index (χ3n) is 5.07. The first-order valence-corrected chi connectivity index (χ1v) is 12.0. The van der Waals surface area contributed by atoms with Crippen molar-refractivity contribution in [2.24, 2.45) is 0 Å². The third kappa shape index (κ3) is 5.95. The highest BCUT2D eigenvalue weighted by Gasteiger charge is 2.27. The molecular weight excluding hydrogens is 427 g/mol. The van der Waals surface area contributed by atoms with Crippen LogP contribution in [0, 0.1) is 12.7 Å². The normalized spacial score (nSPS) is 11.2. The van der Waals surface area contributed by atoms with E-state index >= 15 is 0 Å². The van der Waals surface area contributed by atoms with Crippen LogP contribution in [0.5, 0.6) is 0 Å². The molecule has 0 saturated carbocycles. The van der Waals surface area contributed by atoms with E-state index in [0.29, 0.717) is 11.4 Å². The Hall–Kier alpha value is -3.19. The molecule has 0 fully saturated rings. The molecule has 3 aromatic carbocycles. The topological polar surface area (TPSA) is 66.5 Å². The number of rotatable bonds is 9. The van der Waals surface area contributed by atoms with E-state index in [4.69, 9.17) is 0 Å². The van der Waals surface area contributed by atoms with Crippen LogP contribution in [0.25, 0.3) is 0 Å². The molecular formula is C25H27FN2O3S. The predicted octanol–water partition coefficient (Wildman–Crippen LogP) is 5.31. The van der Waals surface area contributed by atoms with E-state index in [2.05, 4.69) is 12.2 Å². The summed E-state index contributed by atoms with van der Waals surface area (Å²) < 4.78 is 40.9. The van der Waals surface area contributed by atoms with Gasteiger partial charge in [0.05, 0.1) is 10.6 Å². The van der Waals surface area contributed by atoms with Crippen molar-refractivity contribution in [2.45, 2.75) is 38.0 Å². The molecule has 5 nitrogen and oxygen atoms in total. The van der Waals surface area contributed by atoms with Gasteiger partial charge in [-0.25, -0.2) is 12.8 Å². The van der Waals surface area contributed by atoms with Gasteiger partial charge in [0.1, 0.15) is 12.4 Å². The molecule has 3 rings (SSSR count). The van der Waals surface area contributed by atoms with Crippen LogP contribution in [0.15, 0.2) is 77.7 Å². The highest BCUT2D eigenvalue weighted by molar-refractivity contribution is 7.92. The van der Waals surface area contributed by atoms with Crippen molar-refractivity contribution in [1.29, 1.82) is 0 Å². The van der Waals surface area contributed by atoms with Crippen LogP contribution in [-0.2, 0) is 21.2 Å². The smallest absolute Gasteiger partial charge is 0.264 e. The van der Waals surface area contributed by atoms with Crippen molar-refractivity contribution in [3.05, 3.63) is 89.7 Å². The molecule has 7 heteroatoms. The molecule has 0 unspecified atom stereocenters. The zero-order valence-electron chi connectivity index (χ0n) is 18.2. The molecule has 0 bridgehead atoms. The van der Waals surface area contributed by atoms with Crippen molar-refractivity contribution in [3.63, 3.8) is 0 Å². The molecule has 0 radical (unpaired) electrons. The van der Waals surface area contributed by atoms with E-state index in [1.807, 2.05) is 31.2 Å². The van der Waals surface area contributed by atoms with E-state index in [-0.39, 0.29) is 4.90 Å². The first-order valence-electron chi connectivity index (χ1n) is 10.5. The maximum atomic E-state index is 13.3. The molecule has 0 aliphatic rings.